The molecule has 2 heterocycles. The van der Waals surface area contributed by atoms with Crippen LogP contribution < -0.4 is 25.1 Å². The number of nitrogens with zero attached hydrogens (tertiary/aromatic N) is 2. The molecule has 33 heavy (non-hydrogen) atoms. The Morgan fingerprint density at radius 1 is 1.06 bits per heavy atom. The topological polar surface area (TPSA) is 66.1 Å². The van der Waals surface area contributed by atoms with Gasteiger partial charge in [0.25, 0.3) is 0 Å². The molecule has 0 bridgehead atoms. The lowest BCUT2D eigenvalue weighted by atomic mass is 9.91. The smallest absolute Gasteiger partial charge is 0.222 e. The maximum atomic E-state index is 11.9. The lowest BCUT2D eigenvalue weighted by Crippen LogP contribution is -2.42. The minimum Gasteiger partial charge on any atom is -0.493 e. The summed E-state index contributed by atoms with van der Waals surface area (Å²) in [6.45, 7) is 4.00. The van der Waals surface area contributed by atoms with Gasteiger partial charge in [-0.1, -0.05) is 12.1 Å². The third-order valence-electron chi connectivity index (χ3n) is 6.96. The van der Waals surface area contributed by atoms with E-state index < -0.39 is 0 Å². The Labute approximate surface area is 197 Å². The summed E-state index contributed by atoms with van der Waals surface area (Å²) in [5, 5.41) is 4.98. The second-order valence-corrected chi connectivity index (χ2v) is 9.12. The van der Waals surface area contributed by atoms with Gasteiger partial charge in [0, 0.05) is 44.8 Å². The summed E-state index contributed by atoms with van der Waals surface area (Å²) in [7, 11) is 7.19. The number of piperidine rings is 1. The van der Waals surface area contributed by atoms with Crippen LogP contribution in [0, 0.1) is 5.92 Å². The van der Waals surface area contributed by atoms with Crippen LogP contribution >= 0.6 is 0 Å². The molecule has 7 nitrogen and oxygen atoms in total. The van der Waals surface area contributed by atoms with E-state index in [0.29, 0.717) is 6.04 Å². The molecular weight excluding hydrogens is 416 g/mol. The highest BCUT2D eigenvalue weighted by Gasteiger charge is 2.29. The minimum absolute atomic E-state index is 0.0535. The zero-order valence-electron chi connectivity index (χ0n) is 20.4. The lowest BCUT2D eigenvalue weighted by molar-refractivity contribution is -0.125. The van der Waals surface area contributed by atoms with Gasteiger partial charge in [-0.3, -0.25) is 10.2 Å². The van der Waals surface area contributed by atoms with E-state index in [-0.39, 0.29) is 17.9 Å². The predicted octanol–water partition coefficient (Wildman–Crippen LogP) is 3.14. The predicted molar refractivity (Wildman–Crippen MR) is 131 cm³/mol. The largest absolute Gasteiger partial charge is 0.493 e. The molecule has 1 saturated heterocycles. The van der Waals surface area contributed by atoms with Gasteiger partial charge in [0.2, 0.25) is 5.91 Å². The molecule has 1 unspecified atom stereocenters. The summed E-state index contributed by atoms with van der Waals surface area (Å²) in [6.07, 6.45) is 2.70. The van der Waals surface area contributed by atoms with Crippen LogP contribution in [0.3, 0.4) is 0 Å². The van der Waals surface area contributed by atoms with Gasteiger partial charge < -0.3 is 19.7 Å². The summed E-state index contributed by atoms with van der Waals surface area (Å²) in [6, 6.07) is 13.4. The second kappa shape index (κ2) is 10.0. The Hall–Kier alpha value is -2.77. The first-order chi connectivity index (χ1) is 15.9. The Morgan fingerprint density at radius 3 is 2.30 bits per heavy atom. The lowest BCUT2D eigenvalue weighted by Gasteiger charge is -2.33. The second-order valence-electron chi connectivity index (χ2n) is 9.12. The van der Waals surface area contributed by atoms with Gasteiger partial charge in [0.05, 0.1) is 20.3 Å². The van der Waals surface area contributed by atoms with Crippen LogP contribution in [0.2, 0.25) is 0 Å². The third kappa shape index (κ3) is 4.80. The molecule has 178 valence electrons. The summed E-state index contributed by atoms with van der Waals surface area (Å²) >= 11 is 0. The van der Waals surface area contributed by atoms with Gasteiger partial charge in [-0.2, -0.15) is 0 Å². The molecule has 2 N–H and O–H groups in total. The number of carbonyl (C=O) groups is 1. The molecule has 2 aliphatic heterocycles. The van der Waals surface area contributed by atoms with E-state index in [1.807, 2.05) is 0 Å². The van der Waals surface area contributed by atoms with Crippen LogP contribution in [0.25, 0.3) is 0 Å². The number of methoxy groups -OCH3 is 2. The minimum atomic E-state index is 0.0535. The average molecular weight is 453 g/mol. The fourth-order valence-electron chi connectivity index (χ4n) is 5.25. The Balaban J connectivity index is 1.60. The highest BCUT2D eigenvalue weighted by molar-refractivity contribution is 5.78. The zero-order valence-corrected chi connectivity index (χ0v) is 20.4. The fraction of sp³-hybridized carbons (Fsp3) is 0.500. The monoisotopic (exact) mass is 452 g/mol. The summed E-state index contributed by atoms with van der Waals surface area (Å²) in [4.78, 5) is 14.3. The first kappa shape index (κ1) is 23.4. The number of anilines is 1. The van der Waals surface area contributed by atoms with Crippen molar-refractivity contribution in [1.82, 2.24) is 15.8 Å². The number of amides is 1. The molecule has 0 radical (unpaired) electrons. The molecular formula is C26H36N4O3. The molecule has 0 aliphatic carbocycles. The number of carbonyl (C=O) groups excluding carboxylic acids is 1. The summed E-state index contributed by atoms with van der Waals surface area (Å²) in [5.74, 6) is 1.80. The fourth-order valence-corrected chi connectivity index (χ4v) is 5.25. The molecule has 4 rings (SSSR count). The van der Waals surface area contributed by atoms with Gasteiger partial charge in [-0.25, -0.2) is 5.01 Å². The highest BCUT2D eigenvalue weighted by Crippen LogP contribution is 2.39. The van der Waals surface area contributed by atoms with Crippen molar-refractivity contribution < 1.29 is 14.3 Å². The quantitative estimate of drug-likeness (QED) is 0.727. The first-order valence-electron chi connectivity index (χ1n) is 11.8. The van der Waals surface area contributed by atoms with Crippen molar-refractivity contribution in [3.8, 4) is 11.5 Å². The van der Waals surface area contributed by atoms with Crippen molar-refractivity contribution in [1.29, 1.82) is 0 Å². The average Bonchev–Trinajstić information content (AvgIpc) is 2.96. The third-order valence-corrected chi connectivity index (χ3v) is 6.96. The van der Waals surface area contributed by atoms with Crippen LogP contribution in [0.5, 0.6) is 11.5 Å². The van der Waals surface area contributed by atoms with E-state index in [1.165, 1.54) is 22.4 Å². The number of ether oxygens (including phenoxy) is 2. The Kier molecular flexibility index (Phi) is 7.10. The highest BCUT2D eigenvalue weighted by atomic mass is 16.5. The molecule has 0 saturated carbocycles. The van der Waals surface area contributed by atoms with Crippen molar-refractivity contribution in [3.05, 3.63) is 53.1 Å². The maximum Gasteiger partial charge on any atom is 0.222 e. The van der Waals surface area contributed by atoms with E-state index in [2.05, 4.69) is 71.0 Å². The zero-order chi connectivity index (χ0) is 23.5. The number of hydrogen-bond acceptors (Lipinski definition) is 6. The molecule has 0 spiro atoms. The standard InChI is InChI=1S/C26H36N4O3/c1-17-14-20-15-23(32-4)24(33-5)16-22(20)25(29(3)28-17)18-6-8-21(9-7-18)30-12-10-19(11-13-30)26(31)27-2/h6-9,15-17,19,25,28H,10-14H2,1-5H3,(H,27,31)/t17-,25?/m1/s1. The summed E-state index contributed by atoms with van der Waals surface area (Å²) < 4.78 is 11.2. The molecule has 2 aromatic carbocycles. The normalized spacial score (nSPS) is 21.8. The molecule has 2 atom stereocenters. The SMILES string of the molecule is CNC(=O)C1CCN(c2ccc(C3c4cc(OC)c(OC)cc4C[C@@H](C)NN3C)cc2)CC1. The van der Waals surface area contributed by atoms with Crippen LogP contribution in [0.4, 0.5) is 5.69 Å². The summed E-state index contributed by atoms with van der Waals surface area (Å²) in [5.41, 5.74) is 8.54. The molecule has 2 aliphatic rings. The van der Waals surface area contributed by atoms with Crippen LogP contribution in [0.15, 0.2) is 36.4 Å². The van der Waals surface area contributed by atoms with E-state index in [4.69, 9.17) is 9.47 Å². The number of hydrazine groups is 1. The van der Waals surface area contributed by atoms with Crippen LogP contribution in [-0.2, 0) is 11.2 Å². The van der Waals surface area contributed by atoms with E-state index >= 15 is 0 Å². The molecule has 0 aromatic heterocycles. The van der Waals surface area contributed by atoms with Gasteiger partial charge >= 0.3 is 0 Å². The van der Waals surface area contributed by atoms with Crippen molar-refractivity contribution in [2.75, 3.05) is 46.3 Å². The van der Waals surface area contributed by atoms with E-state index in [1.54, 1.807) is 21.3 Å². The van der Waals surface area contributed by atoms with Crippen molar-refractivity contribution in [2.24, 2.45) is 5.92 Å². The van der Waals surface area contributed by atoms with Crippen molar-refractivity contribution >= 4 is 11.6 Å². The number of nitrogens with one attached hydrogen (secondary N) is 2. The number of hydrogen-bond donors (Lipinski definition) is 2. The molecule has 1 amide bonds. The number of fused-ring (bicyclic) bond motifs is 1. The van der Waals surface area contributed by atoms with E-state index in [9.17, 15) is 4.79 Å². The van der Waals surface area contributed by atoms with Gasteiger partial charge in [0.1, 0.15) is 0 Å². The maximum absolute atomic E-state index is 11.9. The number of rotatable bonds is 5. The van der Waals surface area contributed by atoms with Crippen molar-refractivity contribution in [3.63, 3.8) is 0 Å². The first-order valence-corrected chi connectivity index (χ1v) is 11.8. The van der Waals surface area contributed by atoms with Gasteiger partial charge in [-0.05, 0) is 67.1 Å². The van der Waals surface area contributed by atoms with Crippen LogP contribution in [0.1, 0.15) is 42.5 Å². The van der Waals surface area contributed by atoms with E-state index in [0.717, 1.165) is 43.9 Å². The number of benzene rings is 2. The van der Waals surface area contributed by atoms with Gasteiger partial charge in [-0.15, -0.1) is 0 Å². The van der Waals surface area contributed by atoms with Crippen LogP contribution in [-0.4, -0.2) is 58.4 Å². The van der Waals surface area contributed by atoms with Crippen molar-refractivity contribution in [2.45, 2.75) is 38.3 Å². The Morgan fingerprint density at radius 2 is 1.70 bits per heavy atom. The molecule has 7 heteroatoms. The molecule has 2 aromatic rings. The van der Waals surface area contributed by atoms with Gasteiger partial charge in [0.15, 0.2) is 11.5 Å². The molecule has 1 fully saturated rings. The Bertz CT molecular complexity index is 970.